The highest BCUT2D eigenvalue weighted by Crippen LogP contribution is 2.29. The molecule has 1 heterocycles. The lowest BCUT2D eigenvalue weighted by Crippen LogP contribution is -2.55. The third kappa shape index (κ3) is 5.47. The fourth-order valence-electron chi connectivity index (χ4n) is 4.21. The molecule has 2 amide bonds. The van der Waals surface area contributed by atoms with E-state index in [4.69, 9.17) is 5.11 Å². The van der Waals surface area contributed by atoms with E-state index in [-0.39, 0.29) is 30.1 Å². The van der Waals surface area contributed by atoms with Crippen LogP contribution in [0.3, 0.4) is 0 Å². The molecule has 28 heavy (non-hydrogen) atoms. The van der Waals surface area contributed by atoms with Crippen LogP contribution < -0.4 is 5.32 Å². The zero-order chi connectivity index (χ0) is 20.7. The van der Waals surface area contributed by atoms with Gasteiger partial charge in [-0.2, -0.15) is 0 Å². The maximum atomic E-state index is 12.9. The third-order valence-electron chi connectivity index (χ3n) is 6.11. The predicted octanol–water partition coefficient (Wildman–Crippen LogP) is 3.32. The van der Waals surface area contributed by atoms with Crippen molar-refractivity contribution in [2.24, 2.45) is 0 Å². The van der Waals surface area contributed by atoms with Crippen LogP contribution in [0.15, 0.2) is 30.3 Å². The number of carbonyl (C=O) groups excluding carboxylic acids is 1. The fraction of sp³-hybridized carbons (Fsp3) is 0.636. The van der Waals surface area contributed by atoms with Crippen molar-refractivity contribution in [2.75, 3.05) is 26.2 Å². The van der Waals surface area contributed by atoms with Gasteiger partial charge >= 0.3 is 12.0 Å². The number of hydrogen-bond donors (Lipinski definition) is 2. The summed E-state index contributed by atoms with van der Waals surface area (Å²) in [5.41, 5.74) is 1.05. The van der Waals surface area contributed by atoms with Crippen molar-refractivity contribution >= 4 is 12.0 Å². The first-order valence-corrected chi connectivity index (χ1v) is 10.4. The SMILES string of the molecule is CCC(NC(=O)N1CCC(N(CC)CC(=O)O)CC1)C(C)(C)c1ccccc1. The Labute approximate surface area is 168 Å². The number of nitrogens with zero attached hydrogens (tertiary/aromatic N) is 2. The van der Waals surface area contributed by atoms with E-state index in [1.54, 1.807) is 0 Å². The quantitative estimate of drug-likeness (QED) is 0.715. The normalized spacial score (nSPS) is 16.8. The zero-order valence-electron chi connectivity index (χ0n) is 17.6. The predicted molar refractivity (Wildman–Crippen MR) is 112 cm³/mol. The molecule has 6 nitrogen and oxygen atoms in total. The van der Waals surface area contributed by atoms with Crippen LogP contribution in [-0.4, -0.2) is 65.2 Å². The minimum absolute atomic E-state index is 0.0180. The lowest BCUT2D eigenvalue weighted by atomic mass is 9.76. The second kappa shape index (κ2) is 9.92. The summed E-state index contributed by atoms with van der Waals surface area (Å²) < 4.78 is 0. The summed E-state index contributed by atoms with van der Waals surface area (Å²) in [5, 5.41) is 12.3. The van der Waals surface area contributed by atoms with Crippen molar-refractivity contribution in [3.8, 4) is 0 Å². The van der Waals surface area contributed by atoms with Crippen molar-refractivity contribution in [2.45, 2.75) is 64.5 Å². The Kier molecular flexibility index (Phi) is 7.87. The molecule has 1 saturated heterocycles. The Bertz CT molecular complexity index is 640. The zero-order valence-corrected chi connectivity index (χ0v) is 17.6. The van der Waals surface area contributed by atoms with Crippen LogP contribution in [0.4, 0.5) is 4.79 Å². The molecule has 6 heteroatoms. The molecule has 0 radical (unpaired) electrons. The van der Waals surface area contributed by atoms with Gasteiger partial charge in [0, 0.05) is 30.6 Å². The second-order valence-electron chi connectivity index (χ2n) is 8.17. The molecule has 1 aromatic rings. The van der Waals surface area contributed by atoms with Crippen molar-refractivity contribution < 1.29 is 14.7 Å². The molecule has 0 aromatic heterocycles. The first-order chi connectivity index (χ1) is 13.3. The second-order valence-corrected chi connectivity index (χ2v) is 8.17. The van der Waals surface area contributed by atoms with Crippen LogP contribution in [0.1, 0.15) is 52.5 Å². The van der Waals surface area contributed by atoms with Crippen LogP contribution in [0, 0.1) is 0 Å². The minimum Gasteiger partial charge on any atom is -0.480 e. The molecule has 1 fully saturated rings. The first-order valence-electron chi connectivity index (χ1n) is 10.4. The summed E-state index contributed by atoms with van der Waals surface area (Å²) in [6.45, 7) is 10.5. The van der Waals surface area contributed by atoms with E-state index in [2.05, 4.69) is 38.2 Å². The minimum atomic E-state index is -0.795. The van der Waals surface area contributed by atoms with E-state index in [1.807, 2.05) is 34.9 Å². The Morgan fingerprint density at radius 2 is 1.82 bits per heavy atom. The number of carbonyl (C=O) groups is 2. The Morgan fingerprint density at radius 3 is 2.32 bits per heavy atom. The van der Waals surface area contributed by atoms with Gasteiger partial charge in [0.25, 0.3) is 0 Å². The number of rotatable bonds is 8. The van der Waals surface area contributed by atoms with Gasteiger partial charge in [0.1, 0.15) is 0 Å². The standard InChI is InChI=1S/C22H35N3O3/c1-5-19(22(3,4)17-10-8-7-9-11-17)23-21(28)25-14-12-18(13-15-25)24(6-2)16-20(26)27/h7-11,18-19H,5-6,12-16H2,1-4H3,(H,23,28)(H,26,27). The van der Waals surface area contributed by atoms with E-state index >= 15 is 0 Å². The van der Waals surface area contributed by atoms with Crippen LogP contribution >= 0.6 is 0 Å². The van der Waals surface area contributed by atoms with Crippen LogP contribution in [0.25, 0.3) is 0 Å². The van der Waals surface area contributed by atoms with Crippen LogP contribution in [0.2, 0.25) is 0 Å². The number of nitrogens with one attached hydrogen (secondary N) is 1. The average Bonchev–Trinajstić information content (AvgIpc) is 2.70. The van der Waals surface area contributed by atoms with E-state index in [1.165, 1.54) is 5.56 Å². The molecule has 0 saturated carbocycles. The molecule has 0 aliphatic carbocycles. The first kappa shape index (κ1) is 22.2. The number of hydrogen-bond acceptors (Lipinski definition) is 3. The maximum absolute atomic E-state index is 12.9. The van der Waals surface area contributed by atoms with Gasteiger partial charge in [-0.15, -0.1) is 0 Å². The number of amides is 2. The third-order valence-corrected chi connectivity index (χ3v) is 6.11. The van der Waals surface area contributed by atoms with Gasteiger partial charge in [-0.1, -0.05) is 58.0 Å². The highest BCUT2D eigenvalue weighted by atomic mass is 16.4. The van der Waals surface area contributed by atoms with Crippen LogP contribution in [-0.2, 0) is 10.2 Å². The number of piperidine rings is 1. The Morgan fingerprint density at radius 1 is 1.21 bits per heavy atom. The molecule has 1 atom stereocenters. The maximum Gasteiger partial charge on any atom is 0.317 e. The number of aliphatic carboxylic acids is 1. The number of benzene rings is 1. The lowest BCUT2D eigenvalue weighted by Gasteiger charge is -2.40. The number of urea groups is 1. The topological polar surface area (TPSA) is 72.9 Å². The van der Waals surface area contributed by atoms with Gasteiger partial charge in [0.15, 0.2) is 0 Å². The molecule has 156 valence electrons. The molecule has 0 spiro atoms. The average molecular weight is 390 g/mol. The van der Waals surface area contributed by atoms with Gasteiger partial charge < -0.3 is 15.3 Å². The molecule has 2 rings (SSSR count). The Hall–Kier alpha value is -2.08. The van der Waals surface area contributed by atoms with Gasteiger partial charge in [-0.3, -0.25) is 9.69 Å². The summed E-state index contributed by atoms with van der Waals surface area (Å²) in [7, 11) is 0. The van der Waals surface area contributed by atoms with Crippen molar-refractivity contribution in [1.29, 1.82) is 0 Å². The highest BCUT2D eigenvalue weighted by Gasteiger charge is 2.33. The molecule has 1 aliphatic heterocycles. The highest BCUT2D eigenvalue weighted by molar-refractivity contribution is 5.75. The number of carboxylic acids is 1. The van der Waals surface area contributed by atoms with Crippen molar-refractivity contribution in [3.63, 3.8) is 0 Å². The van der Waals surface area contributed by atoms with E-state index in [9.17, 15) is 9.59 Å². The van der Waals surface area contributed by atoms with Gasteiger partial charge in [0.2, 0.25) is 0 Å². The van der Waals surface area contributed by atoms with E-state index < -0.39 is 5.97 Å². The molecule has 1 unspecified atom stereocenters. The number of likely N-dealkylation sites (tertiary alicyclic amines) is 1. The Balaban J connectivity index is 1.95. The summed E-state index contributed by atoms with van der Waals surface area (Å²) in [5.74, 6) is -0.795. The summed E-state index contributed by atoms with van der Waals surface area (Å²) >= 11 is 0. The largest absolute Gasteiger partial charge is 0.480 e. The molecule has 0 bridgehead atoms. The lowest BCUT2D eigenvalue weighted by molar-refractivity contribution is -0.139. The molecule has 2 N–H and O–H groups in total. The smallest absolute Gasteiger partial charge is 0.317 e. The fourth-order valence-corrected chi connectivity index (χ4v) is 4.21. The van der Waals surface area contributed by atoms with Gasteiger partial charge in [0.05, 0.1) is 6.54 Å². The van der Waals surface area contributed by atoms with Crippen LogP contribution in [0.5, 0.6) is 0 Å². The number of carboxylic acid groups (broad SMARTS) is 1. The molecular formula is C22H35N3O3. The van der Waals surface area contributed by atoms with Gasteiger partial charge in [-0.25, -0.2) is 4.79 Å². The van der Waals surface area contributed by atoms with E-state index in [0.717, 1.165) is 19.3 Å². The van der Waals surface area contributed by atoms with Crippen molar-refractivity contribution in [3.05, 3.63) is 35.9 Å². The summed E-state index contributed by atoms with van der Waals surface area (Å²) in [6, 6.07) is 10.6. The molecule has 1 aliphatic rings. The molecular weight excluding hydrogens is 354 g/mol. The number of likely N-dealkylation sites (N-methyl/N-ethyl adjacent to an activating group) is 1. The molecule has 1 aromatic carbocycles. The van der Waals surface area contributed by atoms with Crippen molar-refractivity contribution in [1.82, 2.24) is 15.1 Å². The van der Waals surface area contributed by atoms with Gasteiger partial charge in [-0.05, 0) is 31.4 Å². The monoisotopic (exact) mass is 389 g/mol. The summed E-state index contributed by atoms with van der Waals surface area (Å²) in [6.07, 6.45) is 2.48. The summed E-state index contributed by atoms with van der Waals surface area (Å²) in [4.78, 5) is 27.8. The van der Waals surface area contributed by atoms with E-state index in [0.29, 0.717) is 19.6 Å².